The second kappa shape index (κ2) is 4.99. The summed E-state index contributed by atoms with van der Waals surface area (Å²) in [6.07, 6.45) is 1.19. The molecule has 1 aliphatic rings. The first-order valence-corrected chi connectivity index (χ1v) is 6.06. The van der Waals surface area contributed by atoms with Gasteiger partial charge in [0.2, 0.25) is 0 Å². The van der Waals surface area contributed by atoms with Crippen molar-refractivity contribution < 1.29 is 0 Å². The fourth-order valence-electron chi connectivity index (χ4n) is 1.89. The molecule has 1 atom stereocenters. The molecule has 2 N–H and O–H groups in total. The molecule has 1 aromatic heterocycles. The minimum atomic E-state index is 0. The molecule has 0 radical (unpaired) electrons. The Morgan fingerprint density at radius 2 is 2.25 bits per heavy atom. The molecular formula is C11H14ClN3S. The summed E-state index contributed by atoms with van der Waals surface area (Å²) >= 11 is 1.73. The van der Waals surface area contributed by atoms with Crippen molar-refractivity contribution in [2.24, 2.45) is 0 Å². The number of hydrogen-bond donors (Lipinski definition) is 2. The second-order valence-electron chi connectivity index (χ2n) is 3.82. The van der Waals surface area contributed by atoms with Gasteiger partial charge in [-0.1, -0.05) is 23.5 Å². The van der Waals surface area contributed by atoms with E-state index in [2.05, 4.69) is 33.8 Å². The molecule has 5 heteroatoms. The fraction of sp³-hybridized carbons (Fsp3) is 0.364. The molecule has 1 aliphatic heterocycles. The average molecular weight is 256 g/mol. The second-order valence-corrected chi connectivity index (χ2v) is 4.85. The van der Waals surface area contributed by atoms with Crippen LogP contribution < -0.4 is 10.6 Å². The third-order valence-electron chi connectivity index (χ3n) is 2.68. The smallest absolute Gasteiger partial charge is 0.184 e. The lowest BCUT2D eigenvalue weighted by Gasteiger charge is -2.08. The first-order valence-electron chi connectivity index (χ1n) is 5.25. The molecular weight excluding hydrogens is 242 g/mol. The molecule has 1 unspecified atom stereocenters. The normalized spacial score (nSPS) is 19.6. The number of fused-ring (bicyclic) bond motifs is 1. The first kappa shape index (κ1) is 11.6. The van der Waals surface area contributed by atoms with Crippen LogP contribution in [0.4, 0.5) is 5.13 Å². The zero-order valence-electron chi connectivity index (χ0n) is 8.77. The molecule has 0 aliphatic carbocycles. The van der Waals surface area contributed by atoms with Crippen LogP contribution in [0.15, 0.2) is 24.3 Å². The van der Waals surface area contributed by atoms with Gasteiger partial charge in [0.1, 0.15) is 0 Å². The zero-order valence-corrected chi connectivity index (χ0v) is 10.4. The van der Waals surface area contributed by atoms with E-state index in [4.69, 9.17) is 0 Å². The van der Waals surface area contributed by atoms with Gasteiger partial charge < -0.3 is 10.6 Å². The van der Waals surface area contributed by atoms with E-state index in [0.29, 0.717) is 6.04 Å². The maximum Gasteiger partial charge on any atom is 0.184 e. The van der Waals surface area contributed by atoms with E-state index < -0.39 is 0 Å². The molecule has 0 amide bonds. The molecule has 1 saturated heterocycles. The van der Waals surface area contributed by atoms with Crippen LogP contribution in [0.5, 0.6) is 0 Å². The fourth-order valence-corrected chi connectivity index (χ4v) is 2.83. The Morgan fingerprint density at radius 1 is 1.38 bits per heavy atom. The Balaban J connectivity index is 0.000000963. The molecule has 1 aromatic carbocycles. The van der Waals surface area contributed by atoms with Crippen LogP contribution in [0.3, 0.4) is 0 Å². The highest BCUT2D eigenvalue weighted by atomic mass is 35.5. The number of benzene rings is 1. The average Bonchev–Trinajstić information content (AvgIpc) is 2.86. The highest BCUT2D eigenvalue weighted by molar-refractivity contribution is 7.22. The molecule has 3 rings (SSSR count). The summed E-state index contributed by atoms with van der Waals surface area (Å²) in [6.45, 7) is 2.17. The Kier molecular flexibility index (Phi) is 3.63. The van der Waals surface area contributed by atoms with Gasteiger partial charge in [0, 0.05) is 12.6 Å². The maximum atomic E-state index is 4.56. The Bertz CT molecular complexity index is 432. The van der Waals surface area contributed by atoms with Gasteiger partial charge in [-0.3, -0.25) is 0 Å². The number of halogens is 1. The zero-order chi connectivity index (χ0) is 10.1. The number of anilines is 1. The molecule has 2 heterocycles. The van der Waals surface area contributed by atoms with Gasteiger partial charge in [0.05, 0.1) is 10.2 Å². The van der Waals surface area contributed by atoms with Gasteiger partial charge in [0.25, 0.3) is 0 Å². The van der Waals surface area contributed by atoms with Crippen LogP contribution in [-0.4, -0.2) is 24.1 Å². The number of para-hydroxylation sites is 1. The van der Waals surface area contributed by atoms with Gasteiger partial charge in [-0.2, -0.15) is 0 Å². The Labute approximate surface area is 105 Å². The minimum absolute atomic E-state index is 0. The monoisotopic (exact) mass is 255 g/mol. The van der Waals surface area contributed by atoms with Crippen LogP contribution in [0, 0.1) is 0 Å². The summed E-state index contributed by atoms with van der Waals surface area (Å²) in [4.78, 5) is 4.56. The number of hydrogen-bond acceptors (Lipinski definition) is 4. The SMILES string of the molecule is Cl.c1ccc2sc(NC3CCNC3)nc2c1. The van der Waals surface area contributed by atoms with Gasteiger partial charge in [-0.05, 0) is 25.1 Å². The lowest BCUT2D eigenvalue weighted by Crippen LogP contribution is -2.21. The molecule has 0 spiro atoms. The molecule has 86 valence electrons. The van der Waals surface area contributed by atoms with Crippen LogP contribution >= 0.6 is 23.7 Å². The van der Waals surface area contributed by atoms with E-state index in [1.54, 1.807) is 11.3 Å². The molecule has 2 aromatic rings. The predicted molar refractivity (Wildman–Crippen MR) is 71.8 cm³/mol. The Hall–Kier alpha value is -0.840. The van der Waals surface area contributed by atoms with Crippen molar-refractivity contribution in [2.75, 3.05) is 18.4 Å². The van der Waals surface area contributed by atoms with Crippen molar-refractivity contribution in [3.8, 4) is 0 Å². The van der Waals surface area contributed by atoms with Crippen molar-refractivity contribution >= 4 is 39.1 Å². The summed E-state index contributed by atoms with van der Waals surface area (Å²) in [5.74, 6) is 0. The third-order valence-corrected chi connectivity index (χ3v) is 3.65. The molecule has 1 fully saturated rings. The standard InChI is InChI=1S/C11H13N3S.ClH/c1-2-4-10-9(3-1)14-11(15-10)13-8-5-6-12-7-8;/h1-4,8,12H,5-7H2,(H,13,14);1H. The van der Waals surface area contributed by atoms with Gasteiger partial charge >= 0.3 is 0 Å². The van der Waals surface area contributed by atoms with E-state index in [9.17, 15) is 0 Å². The highest BCUT2D eigenvalue weighted by Gasteiger charge is 2.15. The van der Waals surface area contributed by atoms with Crippen molar-refractivity contribution in [1.82, 2.24) is 10.3 Å². The maximum absolute atomic E-state index is 4.56. The molecule has 0 saturated carbocycles. The van der Waals surface area contributed by atoms with Crippen molar-refractivity contribution in [1.29, 1.82) is 0 Å². The molecule has 16 heavy (non-hydrogen) atoms. The van der Waals surface area contributed by atoms with E-state index >= 15 is 0 Å². The highest BCUT2D eigenvalue weighted by Crippen LogP contribution is 2.26. The lowest BCUT2D eigenvalue weighted by atomic mass is 10.3. The third kappa shape index (κ3) is 2.29. The van der Waals surface area contributed by atoms with E-state index in [-0.39, 0.29) is 12.4 Å². The minimum Gasteiger partial charge on any atom is -0.357 e. The summed E-state index contributed by atoms with van der Waals surface area (Å²) in [7, 11) is 0. The van der Waals surface area contributed by atoms with Crippen LogP contribution in [0.1, 0.15) is 6.42 Å². The van der Waals surface area contributed by atoms with Crippen LogP contribution in [-0.2, 0) is 0 Å². The number of nitrogens with zero attached hydrogens (tertiary/aromatic N) is 1. The quantitative estimate of drug-likeness (QED) is 0.866. The van der Waals surface area contributed by atoms with Gasteiger partial charge in [-0.25, -0.2) is 4.98 Å². The molecule has 0 bridgehead atoms. The van der Waals surface area contributed by atoms with Crippen molar-refractivity contribution in [3.63, 3.8) is 0 Å². The summed E-state index contributed by atoms with van der Waals surface area (Å²) in [6, 6.07) is 8.81. The van der Waals surface area contributed by atoms with E-state index in [1.165, 1.54) is 11.1 Å². The van der Waals surface area contributed by atoms with Crippen LogP contribution in [0.2, 0.25) is 0 Å². The largest absolute Gasteiger partial charge is 0.357 e. The van der Waals surface area contributed by atoms with E-state index in [1.807, 2.05) is 6.07 Å². The van der Waals surface area contributed by atoms with Crippen molar-refractivity contribution in [3.05, 3.63) is 24.3 Å². The van der Waals surface area contributed by atoms with E-state index in [0.717, 1.165) is 23.7 Å². The summed E-state index contributed by atoms with van der Waals surface area (Å²) in [5.41, 5.74) is 1.09. The topological polar surface area (TPSA) is 37.0 Å². The van der Waals surface area contributed by atoms with Gasteiger partial charge in [0.15, 0.2) is 5.13 Å². The predicted octanol–water partition coefficient (Wildman–Crippen LogP) is 2.49. The van der Waals surface area contributed by atoms with Gasteiger partial charge in [-0.15, -0.1) is 12.4 Å². The number of nitrogens with one attached hydrogen (secondary N) is 2. The lowest BCUT2D eigenvalue weighted by molar-refractivity contribution is 0.792. The Morgan fingerprint density at radius 3 is 3.00 bits per heavy atom. The summed E-state index contributed by atoms with van der Waals surface area (Å²) in [5, 5.41) is 7.86. The number of rotatable bonds is 2. The van der Waals surface area contributed by atoms with Crippen LogP contribution in [0.25, 0.3) is 10.2 Å². The molecule has 3 nitrogen and oxygen atoms in total. The first-order chi connectivity index (χ1) is 7.42. The number of thiazole rings is 1. The van der Waals surface area contributed by atoms with Crippen molar-refractivity contribution in [2.45, 2.75) is 12.5 Å². The number of aromatic nitrogens is 1. The summed E-state index contributed by atoms with van der Waals surface area (Å²) < 4.78 is 1.26.